The molecule has 1 N–H and O–H groups in total. The summed E-state index contributed by atoms with van der Waals surface area (Å²) in [6.07, 6.45) is 0. The van der Waals surface area contributed by atoms with Crippen LogP contribution in [0.1, 0.15) is 0 Å². The normalized spacial score (nSPS) is 24.1. The summed E-state index contributed by atoms with van der Waals surface area (Å²) < 4.78 is 0. The number of thioether (sulfide) groups is 1. The van der Waals surface area contributed by atoms with E-state index in [1.165, 1.54) is 4.90 Å². The zero-order valence-electron chi connectivity index (χ0n) is 7.56. The first-order valence-electron chi connectivity index (χ1n) is 4.65. The second-order valence-electron chi connectivity index (χ2n) is 3.49. The standard InChI is InChI=1S/C10H10N2OS/c13-10-11-5-7-6-14-9-4-2-1-3-8(9)12(7)10/h1-4,7H,5-6H2,(H,11,13). The summed E-state index contributed by atoms with van der Waals surface area (Å²) in [4.78, 5) is 14.7. The number of hydrogen-bond donors (Lipinski definition) is 1. The number of benzene rings is 1. The van der Waals surface area contributed by atoms with Crippen LogP contribution in [0.5, 0.6) is 0 Å². The van der Waals surface area contributed by atoms with Gasteiger partial charge in [0.2, 0.25) is 0 Å². The second kappa shape index (κ2) is 2.92. The van der Waals surface area contributed by atoms with E-state index in [2.05, 4.69) is 11.4 Å². The highest BCUT2D eigenvalue weighted by Crippen LogP contribution is 2.38. The van der Waals surface area contributed by atoms with Crippen molar-refractivity contribution in [3.05, 3.63) is 24.3 Å². The molecule has 3 rings (SSSR count). The van der Waals surface area contributed by atoms with E-state index in [1.807, 2.05) is 34.9 Å². The van der Waals surface area contributed by atoms with Crippen LogP contribution in [-0.4, -0.2) is 24.4 Å². The van der Waals surface area contributed by atoms with Crippen molar-refractivity contribution in [2.24, 2.45) is 0 Å². The third-order valence-corrected chi connectivity index (χ3v) is 3.84. The van der Waals surface area contributed by atoms with Crippen LogP contribution in [0.3, 0.4) is 0 Å². The van der Waals surface area contributed by atoms with Crippen LogP contribution in [0.25, 0.3) is 0 Å². The molecule has 72 valence electrons. The van der Waals surface area contributed by atoms with Crippen LogP contribution < -0.4 is 10.2 Å². The highest BCUT2D eigenvalue weighted by molar-refractivity contribution is 7.99. The van der Waals surface area contributed by atoms with E-state index in [4.69, 9.17) is 0 Å². The number of para-hydroxylation sites is 1. The van der Waals surface area contributed by atoms with Gasteiger partial charge >= 0.3 is 6.03 Å². The van der Waals surface area contributed by atoms with Gasteiger partial charge in [0.1, 0.15) is 0 Å². The smallest absolute Gasteiger partial charge is 0.322 e. The fraction of sp³-hybridized carbons (Fsp3) is 0.300. The van der Waals surface area contributed by atoms with Crippen molar-refractivity contribution in [3.63, 3.8) is 0 Å². The van der Waals surface area contributed by atoms with Crippen LogP contribution in [0, 0.1) is 0 Å². The van der Waals surface area contributed by atoms with Crippen molar-refractivity contribution in [1.29, 1.82) is 0 Å². The molecule has 2 heterocycles. The van der Waals surface area contributed by atoms with Gasteiger partial charge in [0.25, 0.3) is 0 Å². The molecule has 4 heteroatoms. The Hall–Kier alpha value is -1.16. The van der Waals surface area contributed by atoms with Gasteiger partial charge in [-0.25, -0.2) is 4.79 Å². The van der Waals surface area contributed by atoms with Crippen molar-refractivity contribution in [1.82, 2.24) is 5.32 Å². The number of nitrogens with zero attached hydrogens (tertiary/aromatic N) is 1. The average molecular weight is 206 g/mol. The van der Waals surface area contributed by atoms with Crippen molar-refractivity contribution >= 4 is 23.5 Å². The van der Waals surface area contributed by atoms with E-state index in [1.54, 1.807) is 0 Å². The van der Waals surface area contributed by atoms with Crippen molar-refractivity contribution in [3.8, 4) is 0 Å². The molecule has 0 aliphatic carbocycles. The van der Waals surface area contributed by atoms with Gasteiger partial charge in [-0.15, -0.1) is 11.8 Å². The molecule has 0 spiro atoms. The molecule has 3 nitrogen and oxygen atoms in total. The summed E-state index contributed by atoms with van der Waals surface area (Å²) in [5, 5.41) is 2.88. The average Bonchev–Trinajstić information content (AvgIpc) is 2.61. The maximum atomic E-state index is 11.6. The van der Waals surface area contributed by atoms with Crippen LogP contribution in [0.2, 0.25) is 0 Å². The first-order valence-corrected chi connectivity index (χ1v) is 5.64. The lowest BCUT2D eigenvalue weighted by atomic mass is 10.2. The number of nitrogens with one attached hydrogen (secondary N) is 1. The van der Waals surface area contributed by atoms with Crippen molar-refractivity contribution in [2.75, 3.05) is 17.2 Å². The molecule has 1 unspecified atom stereocenters. The molecule has 2 aliphatic rings. The fourth-order valence-corrected chi connectivity index (χ4v) is 3.08. The molecule has 2 aliphatic heterocycles. The lowest BCUT2D eigenvalue weighted by Crippen LogP contribution is -2.38. The Morgan fingerprint density at radius 2 is 2.29 bits per heavy atom. The van der Waals surface area contributed by atoms with Crippen molar-refractivity contribution < 1.29 is 4.79 Å². The summed E-state index contributed by atoms with van der Waals surface area (Å²) in [7, 11) is 0. The Bertz CT molecular complexity index is 393. The molecule has 1 aromatic rings. The molecule has 0 bridgehead atoms. The number of rotatable bonds is 0. The second-order valence-corrected chi connectivity index (χ2v) is 4.55. The number of amides is 2. The van der Waals surface area contributed by atoms with Gasteiger partial charge in [-0.05, 0) is 12.1 Å². The third kappa shape index (κ3) is 1.04. The summed E-state index contributed by atoms with van der Waals surface area (Å²) in [5.41, 5.74) is 1.06. The largest absolute Gasteiger partial charge is 0.336 e. The predicted octanol–water partition coefficient (Wildman–Crippen LogP) is 1.69. The molecule has 0 saturated carbocycles. The quantitative estimate of drug-likeness (QED) is 0.700. The minimum absolute atomic E-state index is 0.0442. The fourth-order valence-electron chi connectivity index (χ4n) is 1.95. The van der Waals surface area contributed by atoms with Gasteiger partial charge in [-0.1, -0.05) is 12.1 Å². The topological polar surface area (TPSA) is 32.3 Å². The molecule has 0 aromatic heterocycles. The Morgan fingerprint density at radius 1 is 1.43 bits per heavy atom. The molecule has 14 heavy (non-hydrogen) atoms. The number of anilines is 1. The SMILES string of the molecule is O=C1NCC2CSc3ccccc3N12. The minimum atomic E-state index is 0.0442. The molecule has 1 atom stereocenters. The molecule has 2 amide bonds. The van der Waals surface area contributed by atoms with Crippen LogP contribution in [-0.2, 0) is 0 Å². The van der Waals surface area contributed by atoms with Gasteiger partial charge in [-0.3, -0.25) is 4.90 Å². The van der Waals surface area contributed by atoms with Gasteiger partial charge in [0.15, 0.2) is 0 Å². The Labute approximate surface area is 86.5 Å². The zero-order chi connectivity index (χ0) is 9.54. The van der Waals surface area contributed by atoms with Crippen molar-refractivity contribution in [2.45, 2.75) is 10.9 Å². The number of fused-ring (bicyclic) bond motifs is 3. The van der Waals surface area contributed by atoms with Gasteiger partial charge in [0, 0.05) is 17.2 Å². The summed E-state index contributed by atoms with van der Waals surface area (Å²) in [6.45, 7) is 0.778. The van der Waals surface area contributed by atoms with Crippen LogP contribution >= 0.6 is 11.8 Å². The first kappa shape index (κ1) is 8.17. The summed E-state index contributed by atoms with van der Waals surface area (Å²) in [5.74, 6) is 0.996. The lowest BCUT2D eigenvalue weighted by Gasteiger charge is -2.29. The number of carbonyl (C=O) groups is 1. The monoisotopic (exact) mass is 206 g/mol. The number of carbonyl (C=O) groups excluding carboxylic acids is 1. The molecule has 1 aromatic carbocycles. The zero-order valence-corrected chi connectivity index (χ0v) is 8.38. The van der Waals surface area contributed by atoms with E-state index < -0.39 is 0 Å². The Kier molecular flexibility index (Phi) is 1.70. The van der Waals surface area contributed by atoms with Gasteiger partial charge in [0.05, 0.1) is 11.7 Å². The Morgan fingerprint density at radius 3 is 3.21 bits per heavy atom. The maximum Gasteiger partial charge on any atom is 0.322 e. The highest BCUT2D eigenvalue weighted by Gasteiger charge is 2.36. The van der Waals surface area contributed by atoms with E-state index >= 15 is 0 Å². The summed E-state index contributed by atoms with van der Waals surface area (Å²) in [6, 6.07) is 8.46. The maximum absolute atomic E-state index is 11.6. The Balaban J connectivity index is 2.11. The number of hydrogen-bond acceptors (Lipinski definition) is 2. The van der Waals surface area contributed by atoms with Gasteiger partial charge < -0.3 is 5.32 Å². The van der Waals surface area contributed by atoms with Crippen LogP contribution in [0.15, 0.2) is 29.2 Å². The predicted molar refractivity (Wildman–Crippen MR) is 56.8 cm³/mol. The molecular formula is C10H10N2OS. The summed E-state index contributed by atoms with van der Waals surface area (Å²) >= 11 is 1.83. The lowest BCUT2D eigenvalue weighted by molar-refractivity contribution is 0.251. The molecular weight excluding hydrogens is 196 g/mol. The highest BCUT2D eigenvalue weighted by atomic mass is 32.2. The third-order valence-electron chi connectivity index (χ3n) is 2.63. The first-order chi connectivity index (χ1) is 6.86. The minimum Gasteiger partial charge on any atom is -0.336 e. The van der Waals surface area contributed by atoms with E-state index in [9.17, 15) is 4.79 Å². The molecule has 1 fully saturated rings. The van der Waals surface area contributed by atoms with Gasteiger partial charge in [-0.2, -0.15) is 0 Å². The van der Waals surface area contributed by atoms with E-state index in [-0.39, 0.29) is 6.03 Å². The van der Waals surface area contributed by atoms with Crippen LogP contribution in [0.4, 0.5) is 10.5 Å². The van der Waals surface area contributed by atoms with E-state index in [0.29, 0.717) is 6.04 Å². The molecule has 0 radical (unpaired) electrons. The molecule has 1 saturated heterocycles. The van der Waals surface area contributed by atoms with E-state index in [0.717, 1.165) is 18.0 Å². The number of urea groups is 1.